The normalized spacial score (nSPS) is 15.3. The Kier molecular flexibility index (Phi) is 6.32. The number of nitrogens with zero attached hydrogens (tertiary/aromatic N) is 3. The third-order valence-corrected chi connectivity index (χ3v) is 6.36. The van der Waals surface area contributed by atoms with Gasteiger partial charge in [-0.2, -0.15) is 0 Å². The van der Waals surface area contributed by atoms with Gasteiger partial charge in [0.15, 0.2) is 0 Å². The Morgan fingerprint density at radius 2 is 1.79 bits per heavy atom. The fourth-order valence-corrected chi connectivity index (χ4v) is 4.51. The molecule has 0 spiro atoms. The molecule has 150 valence electrons. The fraction of sp³-hybridized carbons (Fsp3) is 0.348. The average molecular weight is 407 g/mol. The molecule has 5 nitrogen and oxygen atoms in total. The second-order valence-electron chi connectivity index (χ2n) is 7.63. The number of carbonyl (C=O) groups is 1. The summed E-state index contributed by atoms with van der Waals surface area (Å²) >= 11 is 1.39. The Morgan fingerprint density at radius 1 is 1.07 bits per heavy atom. The number of rotatable bonds is 6. The Bertz CT molecular complexity index is 931. The number of aromatic nitrogens is 2. The van der Waals surface area contributed by atoms with Crippen molar-refractivity contribution >= 4 is 17.2 Å². The van der Waals surface area contributed by atoms with Crippen LogP contribution in [0.3, 0.4) is 0 Å². The van der Waals surface area contributed by atoms with Gasteiger partial charge in [0.1, 0.15) is 5.01 Å². The van der Waals surface area contributed by atoms with Crippen molar-refractivity contribution in [2.24, 2.45) is 0 Å². The standard InChI is InChI=1S/C23H26N4OS/c1-17-7-9-18(10-8-17)15-24-22(28)23-26-25-21(29-23)16-27-13-11-20(12-14-27)19-5-3-2-4-6-19/h2-10,20H,11-16H2,1H3,(H,24,28). The van der Waals surface area contributed by atoms with Gasteiger partial charge in [-0.05, 0) is 49.9 Å². The third kappa shape index (κ3) is 5.28. The monoisotopic (exact) mass is 406 g/mol. The van der Waals surface area contributed by atoms with E-state index in [2.05, 4.69) is 57.7 Å². The van der Waals surface area contributed by atoms with Crippen LogP contribution >= 0.6 is 11.3 Å². The molecule has 0 aliphatic carbocycles. The maximum atomic E-state index is 12.4. The minimum atomic E-state index is -0.155. The van der Waals surface area contributed by atoms with Gasteiger partial charge in [-0.15, -0.1) is 10.2 Å². The van der Waals surface area contributed by atoms with Crippen molar-refractivity contribution in [3.05, 3.63) is 81.3 Å². The number of hydrogen-bond donors (Lipinski definition) is 1. The maximum absolute atomic E-state index is 12.4. The van der Waals surface area contributed by atoms with Crippen LogP contribution in [0.5, 0.6) is 0 Å². The number of piperidine rings is 1. The molecule has 1 aliphatic heterocycles. The summed E-state index contributed by atoms with van der Waals surface area (Å²) in [7, 11) is 0. The molecule has 1 amide bonds. The minimum Gasteiger partial charge on any atom is -0.346 e. The van der Waals surface area contributed by atoms with E-state index in [0.717, 1.165) is 43.0 Å². The van der Waals surface area contributed by atoms with Gasteiger partial charge in [-0.1, -0.05) is 71.5 Å². The van der Waals surface area contributed by atoms with E-state index in [1.165, 1.54) is 22.5 Å². The molecular formula is C23H26N4OS. The number of likely N-dealkylation sites (tertiary alicyclic amines) is 1. The molecule has 1 saturated heterocycles. The first kappa shape index (κ1) is 19.7. The highest BCUT2D eigenvalue weighted by molar-refractivity contribution is 7.13. The zero-order valence-electron chi connectivity index (χ0n) is 16.7. The molecule has 1 fully saturated rings. The van der Waals surface area contributed by atoms with E-state index < -0.39 is 0 Å². The van der Waals surface area contributed by atoms with E-state index in [1.807, 2.05) is 24.3 Å². The Balaban J connectivity index is 1.26. The van der Waals surface area contributed by atoms with Crippen molar-refractivity contribution in [1.82, 2.24) is 20.4 Å². The molecule has 3 aromatic rings. The zero-order chi connectivity index (χ0) is 20.1. The second kappa shape index (κ2) is 9.29. The Morgan fingerprint density at radius 3 is 2.52 bits per heavy atom. The molecule has 1 aromatic heterocycles. The second-order valence-corrected chi connectivity index (χ2v) is 8.69. The smallest absolute Gasteiger partial charge is 0.282 e. The Hall–Kier alpha value is -2.57. The number of carbonyl (C=O) groups excluding carboxylic acids is 1. The van der Waals surface area contributed by atoms with E-state index in [9.17, 15) is 4.79 Å². The zero-order valence-corrected chi connectivity index (χ0v) is 17.5. The highest BCUT2D eigenvalue weighted by Gasteiger charge is 2.22. The van der Waals surface area contributed by atoms with Crippen molar-refractivity contribution in [3.63, 3.8) is 0 Å². The average Bonchev–Trinajstić information content (AvgIpc) is 3.23. The van der Waals surface area contributed by atoms with Crippen LogP contribution in [-0.4, -0.2) is 34.1 Å². The predicted molar refractivity (Wildman–Crippen MR) is 116 cm³/mol. The van der Waals surface area contributed by atoms with Crippen LogP contribution in [0.1, 0.15) is 50.3 Å². The molecule has 0 saturated carbocycles. The number of hydrogen-bond acceptors (Lipinski definition) is 5. The molecule has 0 bridgehead atoms. The molecule has 0 radical (unpaired) electrons. The first-order valence-corrected chi connectivity index (χ1v) is 10.9. The van der Waals surface area contributed by atoms with Crippen molar-refractivity contribution in [3.8, 4) is 0 Å². The lowest BCUT2D eigenvalue weighted by atomic mass is 9.89. The molecule has 6 heteroatoms. The summed E-state index contributed by atoms with van der Waals surface area (Å²) in [6.45, 7) is 5.42. The minimum absolute atomic E-state index is 0.155. The molecule has 4 rings (SSSR count). The largest absolute Gasteiger partial charge is 0.346 e. The van der Waals surface area contributed by atoms with Crippen molar-refractivity contribution in [2.45, 2.75) is 38.8 Å². The quantitative estimate of drug-likeness (QED) is 0.668. The molecule has 2 heterocycles. The summed E-state index contributed by atoms with van der Waals surface area (Å²) in [4.78, 5) is 14.8. The fourth-order valence-electron chi connectivity index (χ4n) is 3.71. The van der Waals surface area contributed by atoms with E-state index in [0.29, 0.717) is 17.5 Å². The maximum Gasteiger partial charge on any atom is 0.282 e. The van der Waals surface area contributed by atoms with Crippen LogP contribution in [0.25, 0.3) is 0 Å². The summed E-state index contributed by atoms with van der Waals surface area (Å²) in [5.41, 5.74) is 3.73. The molecule has 1 N–H and O–H groups in total. The summed E-state index contributed by atoms with van der Waals surface area (Å²) in [5.74, 6) is 0.488. The summed E-state index contributed by atoms with van der Waals surface area (Å²) in [6.07, 6.45) is 2.32. The Labute approximate surface area is 175 Å². The summed E-state index contributed by atoms with van der Waals surface area (Å²) in [5, 5.41) is 12.6. The van der Waals surface area contributed by atoms with Gasteiger partial charge in [0.2, 0.25) is 5.01 Å². The lowest BCUT2D eigenvalue weighted by Crippen LogP contribution is -2.32. The number of nitrogens with one attached hydrogen (secondary N) is 1. The first-order chi connectivity index (χ1) is 14.2. The highest BCUT2D eigenvalue weighted by Crippen LogP contribution is 2.28. The molecule has 0 atom stereocenters. The van der Waals surface area contributed by atoms with Gasteiger partial charge in [0.25, 0.3) is 5.91 Å². The van der Waals surface area contributed by atoms with Crippen LogP contribution in [0, 0.1) is 6.92 Å². The molecule has 0 unspecified atom stereocenters. The lowest BCUT2D eigenvalue weighted by Gasteiger charge is -2.31. The first-order valence-electron chi connectivity index (χ1n) is 10.1. The number of amides is 1. The van der Waals surface area contributed by atoms with Gasteiger partial charge >= 0.3 is 0 Å². The third-order valence-electron chi connectivity index (χ3n) is 5.45. The van der Waals surface area contributed by atoms with Gasteiger partial charge in [0, 0.05) is 6.54 Å². The summed E-state index contributed by atoms with van der Waals surface area (Å²) in [6, 6.07) is 18.9. The number of aryl methyl sites for hydroxylation is 1. The molecule has 29 heavy (non-hydrogen) atoms. The SMILES string of the molecule is Cc1ccc(CNC(=O)c2nnc(CN3CCC(c4ccccc4)CC3)s2)cc1. The van der Waals surface area contributed by atoms with Gasteiger partial charge < -0.3 is 5.32 Å². The van der Waals surface area contributed by atoms with Crippen LogP contribution in [0.2, 0.25) is 0 Å². The van der Waals surface area contributed by atoms with E-state index in [4.69, 9.17) is 0 Å². The number of benzene rings is 2. The van der Waals surface area contributed by atoms with E-state index in [-0.39, 0.29) is 5.91 Å². The van der Waals surface area contributed by atoms with E-state index >= 15 is 0 Å². The highest BCUT2D eigenvalue weighted by atomic mass is 32.1. The van der Waals surface area contributed by atoms with Crippen LogP contribution in [-0.2, 0) is 13.1 Å². The topological polar surface area (TPSA) is 58.1 Å². The van der Waals surface area contributed by atoms with Gasteiger partial charge in [-0.25, -0.2) is 0 Å². The van der Waals surface area contributed by atoms with Crippen LogP contribution in [0.15, 0.2) is 54.6 Å². The summed E-state index contributed by atoms with van der Waals surface area (Å²) < 4.78 is 0. The van der Waals surface area contributed by atoms with Crippen LogP contribution < -0.4 is 5.32 Å². The van der Waals surface area contributed by atoms with Crippen LogP contribution in [0.4, 0.5) is 0 Å². The lowest BCUT2D eigenvalue weighted by molar-refractivity contribution is 0.0950. The van der Waals surface area contributed by atoms with E-state index in [1.54, 1.807) is 0 Å². The molecule has 1 aliphatic rings. The van der Waals surface area contributed by atoms with Gasteiger partial charge in [-0.3, -0.25) is 9.69 Å². The van der Waals surface area contributed by atoms with Gasteiger partial charge in [0.05, 0.1) is 6.54 Å². The molecule has 2 aromatic carbocycles. The predicted octanol–water partition coefficient (Wildman–Crippen LogP) is 4.16. The van der Waals surface area contributed by atoms with Crippen molar-refractivity contribution in [1.29, 1.82) is 0 Å². The van der Waals surface area contributed by atoms with Crippen molar-refractivity contribution in [2.75, 3.05) is 13.1 Å². The molecular weight excluding hydrogens is 380 g/mol. The van der Waals surface area contributed by atoms with Crippen molar-refractivity contribution < 1.29 is 4.79 Å².